The Morgan fingerprint density at radius 1 is 1.10 bits per heavy atom. The van der Waals surface area contributed by atoms with Crippen LogP contribution in [0.4, 0.5) is 5.00 Å². The lowest BCUT2D eigenvalue weighted by molar-refractivity contribution is -0.146. The monoisotopic (exact) mass is 432 g/mol. The fourth-order valence-electron chi connectivity index (χ4n) is 3.57. The molecule has 0 aliphatic heterocycles. The number of thiophene rings is 1. The predicted octanol–water partition coefficient (Wildman–Crippen LogP) is 4.55. The maximum atomic E-state index is 12.9. The number of carbonyl (C=O) groups is 3. The number of carbonyl (C=O) groups excluding carboxylic acids is 2. The third-order valence-corrected chi connectivity index (χ3v) is 6.50. The molecule has 0 spiro atoms. The number of benzene rings is 1. The summed E-state index contributed by atoms with van der Waals surface area (Å²) in [7, 11) is 0. The van der Waals surface area contributed by atoms with Gasteiger partial charge in [-0.3, -0.25) is 14.4 Å². The summed E-state index contributed by atoms with van der Waals surface area (Å²) in [5.41, 5.74) is 9.15. The van der Waals surface area contributed by atoms with E-state index in [1.807, 2.05) is 13.8 Å². The number of nitrogens with one attached hydrogen (secondary N) is 1. The van der Waals surface area contributed by atoms with Crippen LogP contribution in [-0.4, -0.2) is 22.9 Å². The SMILES string of the molecule is CC1=C(C)CC(C(=O)Nc2scc(-c3ccc(Cl)cc3)c2C(N)=O)C(C(=O)O)C1. The first-order chi connectivity index (χ1) is 13.7. The molecule has 2 aromatic rings. The molecular formula is C21H21ClN2O4S. The van der Waals surface area contributed by atoms with Crippen molar-refractivity contribution in [1.82, 2.24) is 0 Å². The van der Waals surface area contributed by atoms with Crippen molar-refractivity contribution in [3.63, 3.8) is 0 Å². The normalized spacial score (nSPS) is 19.1. The van der Waals surface area contributed by atoms with Crippen molar-refractivity contribution in [3.8, 4) is 11.1 Å². The van der Waals surface area contributed by atoms with Gasteiger partial charge in [0, 0.05) is 16.0 Å². The van der Waals surface area contributed by atoms with Crippen molar-refractivity contribution in [2.24, 2.45) is 17.6 Å². The van der Waals surface area contributed by atoms with E-state index < -0.39 is 29.6 Å². The van der Waals surface area contributed by atoms with Gasteiger partial charge in [0.05, 0.1) is 17.4 Å². The van der Waals surface area contributed by atoms with E-state index in [1.54, 1.807) is 29.6 Å². The van der Waals surface area contributed by atoms with E-state index in [4.69, 9.17) is 17.3 Å². The second-order valence-corrected chi connectivity index (χ2v) is 8.55. The number of carboxylic acids is 1. The summed E-state index contributed by atoms with van der Waals surface area (Å²) >= 11 is 7.11. The molecule has 4 N–H and O–H groups in total. The maximum Gasteiger partial charge on any atom is 0.307 e. The Morgan fingerprint density at radius 3 is 2.24 bits per heavy atom. The van der Waals surface area contributed by atoms with Gasteiger partial charge in [-0.05, 0) is 44.4 Å². The third kappa shape index (κ3) is 4.36. The van der Waals surface area contributed by atoms with Gasteiger partial charge in [-0.25, -0.2) is 0 Å². The van der Waals surface area contributed by atoms with Gasteiger partial charge in [-0.15, -0.1) is 11.3 Å². The predicted molar refractivity (Wildman–Crippen MR) is 114 cm³/mol. The Balaban J connectivity index is 1.92. The van der Waals surface area contributed by atoms with Gasteiger partial charge in [0.2, 0.25) is 5.91 Å². The highest BCUT2D eigenvalue weighted by molar-refractivity contribution is 7.15. The van der Waals surface area contributed by atoms with Crippen molar-refractivity contribution in [1.29, 1.82) is 0 Å². The smallest absolute Gasteiger partial charge is 0.307 e. The number of hydrogen-bond acceptors (Lipinski definition) is 4. The second kappa shape index (κ2) is 8.39. The van der Waals surface area contributed by atoms with Crippen LogP contribution < -0.4 is 11.1 Å². The molecule has 29 heavy (non-hydrogen) atoms. The molecule has 2 unspecified atom stereocenters. The number of allylic oxidation sites excluding steroid dienone is 2. The molecule has 0 bridgehead atoms. The molecule has 1 aromatic carbocycles. The lowest BCUT2D eigenvalue weighted by Crippen LogP contribution is -2.36. The van der Waals surface area contributed by atoms with Crippen molar-refractivity contribution >= 4 is 45.7 Å². The molecule has 6 nitrogen and oxygen atoms in total. The summed E-state index contributed by atoms with van der Waals surface area (Å²) < 4.78 is 0. The number of carboxylic acid groups (broad SMARTS) is 1. The van der Waals surface area contributed by atoms with Gasteiger partial charge in [-0.1, -0.05) is 34.9 Å². The minimum Gasteiger partial charge on any atom is -0.481 e. The van der Waals surface area contributed by atoms with Crippen molar-refractivity contribution in [2.75, 3.05) is 5.32 Å². The number of primary amides is 1. The van der Waals surface area contributed by atoms with E-state index in [0.717, 1.165) is 16.7 Å². The zero-order valence-electron chi connectivity index (χ0n) is 16.0. The molecule has 2 amide bonds. The van der Waals surface area contributed by atoms with Crippen molar-refractivity contribution in [2.45, 2.75) is 26.7 Å². The Kier molecular flexibility index (Phi) is 6.10. The summed E-state index contributed by atoms with van der Waals surface area (Å²) in [4.78, 5) is 36.7. The van der Waals surface area contributed by atoms with Gasteiger partial charge in [0.25, 0.3) is 5.91 Å². The first-order valence-electron chi connectivity index (χ1n) is 9.05. The van der Waals surface area contributed by atoms with Crippen LogP contribution in [0.25, 0.3) is 11.1 Å². The van der Waals surface area contributed by atoms with Crippen molar-refractivity contribution < 1.29 is 19.5 Å². The van der Waals surface area contributed by atoms with E-state index in [-0.39, 0.29) is 5.56 Å². The number of rotatable bonds is 5. The van der Waals surface area contributed by atoms with Gasteiger partial charge < -0.3 is 16.2 Å². The molecule has 0 radical (unpaired) electrons. The number of aliphatic carboxylic acids is 1. The zero-order chi connectivity index (χ0) is 21.3. The number of amides is 2. The zero-order valence-corrected chi connectivity index (χ0v) is 17.6. The first kappa shape index (κ1) is 21.1. The number of halogens is 1. The van der Waals surface area contributed by atoms with Crippen LogP contribution in [0.3, 0.4) is 0 Å². The average Bonchev–Trinajstić information content (AvgIpc) is 3.07. The van der Waals surface area contributed by atoms with Crippen LogP contribution in [0.2, 0.25) is 5.02 Å². The first-order valence-corrected chi connectivity index (χ1v) is 10.3. The molecule has 0 fully saturated rings. The highest BCUT2D eigenvalue weighted by Crippen LogP contribution is 2.38. The maximum absolute atomic E-state index is 12.9. The quantitative estimate of drug-likeness (QED) is 0.602. The number of nitrogens with two attached hydrogens (primary N) is 1. The minimum atomic E-state index is -1.000. The minimum absolute atomic E-state index is 0.205. The van der Waals surface area contributed by atoms with E-state index >= 15 is 0 Å². The van der Waals surface area contributed by atoms with Crippen LogP contribution in [0.5, 0.6) is 0 Å². The van der Waals surface area contributed by atoms with E-state index in [1.165, 1.54) is 11.3 Å². The fourth-order valence-corrected chi connectivity index (χ4v) is 4.67. The largest absolute Gasteiger partial charge is 0.481 e. The molecular weight excluding hydrogens is 412 g/mol. The Bertz CT molecular complexity index is 1010. The van der Waals surface area contributed by atoms with Crippen molar-refractivity contribution in [3.05, 3.63) is 51.4 Å². The summed E-state index contributed by atoms with van der Waals surface area (Å²) in [5.74, 6) is -3.60. The van der Waals surface area contributed by atoms with Crippen LogP contribution >= 0.6 is 22.9 Å². The molecule has 0 saturated heterocycles. The highest BCUT2D eigenvalue weighted by Gasteiger charge is 2.37. The Hall–Kier alpha value is -2.64. The van der Waals surface area contributed by atoms with Gasteiger partial charge in [0.15, 0.2) is 0 Å². The topological polar surface area (TPSA) is 109 Å². The molecule has 3 rings (SSSR count). The summed E-state index contributed by atoms with van der Waals surface area (Å²) in [6.07, 6.45) is 0.707. The second-order valence-electron chi connectivity index (χ2n) is 7.23. The third-order valence-electron chi connectivity index (χ3n) is 5.35. The van der Waals surface area contributed by atoms with E-state index in [2.05, 4.69) is 5.32 Å². The van der Waals surface area contributed by atoms with Gasteiger partial charge in [0.1, 0.15) is 5.00 Å². The van der Waals surface area contributed by atoms with Crippen LogP contribution in [0.15, 0.2) is 40.8 Å². The lowest BCUT2D eigenvalue weighted by Gasteiger charge is -2.29. The number of hydrogen-bond donors (Lipinski definition) is 3. The molecule has 1 aliphatic carbocycles. The highest BCUT2D eigenvalue weighted by atomic mass is 35.5. The van der Waals surface area contributed by atoms with Gasteiger partial charge >= 0.3 is 5.97 Å². The molecule has 1 heterocycles. The molecule has 1 aromatic heterocycles. The Labute approximate surface area is 177 Å². The number of anilines is 1. The van der Waals surface area contributed by atoms with Crippen LogP contribution in [0.1, 0.15) is 37.0 Å². The van der Waals surface area contributed by atoms with Crippen LogP contribution in [-0.2, 0) is 9.59 Å². The molecule has 1 aliphatic rings. The lowest BCUT2D eigenvalue weighted by atomic mass is 9.76. The summed E-state index contributed by atoms with van der Waals surface area (Å²) in [5, 5.41) is 14.9. The molecule has 8 heteroatoms. The Morgan fingerprint density at radius 2 is 1.69 bits per heavy atom. The van der Waals surface area contributed by atoms with E-state index in [0.29, 0.717) is 28.4 Å². The fraction of sp³-hybridized carbons (Fsp3) is 0.286. The standard InChI is InChI=1S/C21H21ClN2O4S/c1-10-7-14(15(21(27)28)8-11(10)2)19(26)24-20-17(18(23)25)16(9-29-20)12-3-5-13(22)6-4-12/h3-6,9,14-15H,7-8H2,1-2H3,(H2,23,25)(H,24,26)(H,27,28). The van der Waals surface area contributed by atoms with Crippen LogP contribution in [0, 0.1) is 11.8 Å². The summed E-state index contributed by atoms with van der Waals surface area (Å²) in [6, 6.07) is 6.94. The molecule has 2 atom stereocenters. The average molecular weight is 433 g/mol. The molecule has 0 saturated carbocycles. The summed E-state index contributed by atoms with van der Waals surface area (Å²) in [6.45, 7) is 3.80. The van der Waals surface area contributed by atoms with Gasteiger partial charge in [-0.2, -0.15) is 0 Å². The molecule has 152 valence electrons. The van der Waals surface area contributed by atoms with E-state index in [9.17, 15) is 19.5 Å².